The molecule has 0 spiro atoms. The summed E-state index contributed by atoms with van der Waals surface area (Å²) >= 11 is 5.36. The van der Waals surface area contributed by atoms with Gasteiger partial charge in [-0.3, -0.25) is 5.43 Å². The summed E-state index contributed by atoms with van der Waals surface area (Å²) in [7, 11) is 0. The Labute approximate surface area is 105 Å². The van der Waals surface area contributed by atoms with Crippen molar-refractivity contribution in [1.29, 1.82) is 0 Å². The Bertz CT molecular complexity index is 568. The van der Waals surface area contributed by atoms with E-state index in [-0.39, 0.29) is 0 Å². The van der Waals surface area contributed by atoms with Crippen LogP contribution in [0.1, 0.15) is 24.2 Å². The molecule has 0 atom stereocenters. The van der Waals surface area contributed by atoms with Crippen molar-refractivity contribution >= 4 is 17.9 Å². The molecule has 0 unspecified atom stereocenters. The lowest BCUT2D eigenvalue weighted by molar-refractivity contribution is 0.648. The predicted molar refractivity (Wildman–Crippen MR) is 71.7 cm³/mol. The fourth-order valence-corrected chi connectivity index (χ4v) is 2.62. The lowest BCUT2D eigenvalue weighted by atomic mass is 10.0. The topological polar surface area (TPSA) is 32.8 Å². The highest BCUT2D eigenvalue weighted by atomic mass is 32.1. The Kier molecular flexibility index (Phi) is 2.73. The van der Waals surface area contributed by atoms with Gasteiger partial charge in [-0.05, 0) is 50.0 Å². The fourth-order valence-electron chi connectivity index (χ4n) is 2.34. The number of hydrogen-bond donors (Lipinski definition) is 2. The summed E-state index contributed by atoms with van der Waals surface area (Å²) < 4.78 is 2.78. The van der Waals surface area contributed by atoms with E-state index in [4.69, 9.17) is 12.2 Å². The summed E-state index contributed by atoms with van der Waals surface area (Å²) in [5.41, 5.74) is 7.03. The number of aromatic nitrogens is 2. The molecule has 3 nitrogen and oxygen atoms in total. The quantitative estimate of drug-likeness (QED) is 0.796. The van der Waals surface area contributed by atoms with E-state index in [1.807, 2.05) is 35.0 Å². The molecule has 1 aromatic carbocycles. The lowest BCUT2D eigenvalue weighted by Crippen LogP contribution is -2.15. The number of fused-ring (bicyclic) bond motifs is 1. The number of hydrogen-bond acceptors (Lipinski definition) is 2. The monoisotopic (exact) mass is 245 g/mol. The minimum Gasteiger partial charge on any atom is -0.333 e. The Morgan fingerprint density at radius 3 is 2.71 bits per heavy atom. The van der Waals surface area contributed by atoms with Crippen LogP contribution in [0.2, 0.25) is 0 Å². The Morgan fingerprint density at radius 1 is 1.12 bits per heavy atom. The van der Waals surface area contributed by atoms with Crippen LogP contribution in [-0.2, 0) is 12.8 Å². The van der Waals surface area contributed by atoms with Gasteiger partial charge in [0.2, 0.25) is 0 Å². The maximum atomic E-state index is 5.36. The predicted octanol–water partition coefficient (Wildman–Crippen LogP) is 3.30. The van der Waals surface area contributed by atoms with E-state index in [0.717, 1.165) is 23.3 Å². The zero-order valence-electron chi connectivity index (χ0n) is 9.57. The fraction of sp³-hybridized carbons (Fsp3) is 0.308. The molecular weight excluding hydrogens is 230 g/mol. The van der Waals surface area contributed by atoms with Crippen LogP contribution in [0.3, 0.4) is 0 Å². The van der Waals surface area contributed by atoms with Crippen molar-refractivity contribution < 1.29 is 0 Å². The summed E-state index contributed by atoms with van der Waals surface area (Å²) in [4.78, 5) is 3.30. The van der Waals surface area contributed by atoms with Crippen molar-refractivity contribution in [3.05, 3.63) is 46.5 Å². The highest BCUT2D eigenvalue weighted by Crippen LogP contribution is 2.21. The number of aromatic amines is 1. The van der Waals surface area contributed by atoms with Crippen LogP contribution >= 0.6 is 12.2 Å². The smallest absolute Gasteiger partial charge is 0.196 e. The first-order chi connectivity index (χ1) is 8.34. The molecule has 3 rings (SSSR count). The largest absolute Gasteiger partial charge is 0.333 e. The Balaban J connectivity index is 1.98. The second-order valence-corrected chi connectivity index (χ2v) is 4.76. The van der Waals surface area contributed by atoms with Crippen molar-refractivity contribution in [2.24, 2.45) is 0 Å². The molecule has 0 bridgehead atoms. The molecule has 2 N–H and O–H groups in total. The molecule has 0 amide bonds. The molecule has 0 saturated heterocycles. The average molecular weight is 245 g/mol. The van der Waals surface area contributed by atoms with Gasteiger partial charge < -0.3 is 4.98 Å². The molecule has 4 heteroatoms. The van der Waals surface area contributed by atoms with Crippen molar-refractivity contribution in [1.82, 2.24) is 9.66 Å². The van der Waals surface area contributed by atoms with E-state index in [0.29, 0.717) is 0 Å². The van der Waals surface area contributed by atoms with Crippen LogP contribution in [-0.4, -0.2) is 9.66 Å². The van der Waals surface area contributed by atoms with Gasteiger partial charge in [0.25, 0.3) is 0 Å². The summed E-state index contributed by atoms with van der Waals surface area (Å²) in [5, 5.41) is 0. The standard InChI is InChI=1S/C13H15N3S/c17-13-14-11-8-4-5-9-12(11)16(13)15-10-6-2-1-3-7-10/h1-3,6-7,15H,4-5,8-9H2,(H,14,17). The molecule has 1 aliphatic carbocycles. The zero-order chi connectivity index (χ0) is 11.7. The third kappa shape index (κ3) is 2.00. The maximum Gasteiger partial charge on any atom is 0.196 e. The molecule has 0 aliphatic heterocycles. The van der Waals surface area contributed by atoms with E-state index in [9.17, 15) is 0 Å². The van der Waals surface area contributed by atoms with E-state index in [2.05, 4.69) is 10.4 Å². The first-order valence-electron chi connectivity index (χ1n) is 5.99. The van der Waals surface area contributed by atoms with E-state index >= 15 is 0 Å². The van der Waals surface area contributed by atoms with Gasteiger partial charge in [-0.2, -0.15) is 0 Å². The second-order valence-electron chi connectivity index (χ2n) is 4.38. The third-order valence-electron chi connectivity index (χ3n) is 3.18. The summed E-state index contributed by atoms with van der Waals surface area (Å²) in [6.07, 6.45) is 4.72. The minimum atomic E-state index is 0.765. The highest BCUT2D eigenvalue weighted by Gasteiger charge is 2.15. The maximum absolute atomic E-state index is 5.36. The first-order valence-corrected chi connectivity index (χ1v) is 6.40. The summed E-state index contributed by atoms with van der Waals surface area (Å²) in [6.45, 7) is 0. The van der Waals surface area contributed by atoms with Crippen LogP contribution in [0.15, 0.2) is 30.3 Å². The molecule has 1 aromatic heterocycles. The first kappa shape index (κ1) is 10.6. The minimum absolute atomic E-state index is 0.765. The van der Waals surface area contributed by atoms with Gasteiger partial charge in [0.15, 0.2) is 4.77 Å². The van der Waals surface area contributed by atoms with Crippen LogP contribution in [0.4, 0.5) is 5.69 Å². The van der Waals surface area contributed by atoms with Gasteiger partial charge in [0.05, 0.1) is 11.4 Å². The SMILES string of the molecule is S=c1[nH]c2c(n1Nc1ccccc1)CCCC2. The van der Waals surface area contributed by atoms with Crippen molar-refractivity contribution in [2.75, 3.05) is 5.43 Å². The number of aryl methyl sites for hydroxylation is 1. The number of nitrogens with one attached hydrogen (secondary N) is 2. The van der Waals surface area contributed by atoms with Crippen LogP contribution in [0, 0.1) is 4.77 Å². The number of para-hydroxylation sites is 1. The molecule has 0 saturated carbocycles. The molecule has 0 radical (unpaired) electrons. The van der Waals surface area contributed by atoms with Gasteiger partial charge in [-0.25, -0.2) is 4.68 Å². The van der Waals surface area contributed by atoms with Crippen LogP contribution in [0.5, 0.6) is 0 Å². The van der Waals surface area contributed by atoms with Gasteiger partial charge in [-0.1, -0.05) is 18.2 Å². The van der Waals surface area contributed by atoms with Gasteiger partial charge in [0, 0.05) is 5.69 Å². The van der Waals surface area contributed by atoms with E-state index < -0.39 is 0 Å². The highest BCUT2D eigenvalue weighted by molar-refractivity contribution is 7.71. The van der Waals surface area contributed by atoms with Crippen molar-refractivity contribution in [2.45, 2.75) is 25.7 Å². The van der Waals surface area contributed by atoms with Crippen molar-refractivity contribution in [3.63, 3.8) is 0 Å². The number of anilines is 1. The lowest BCUT2D eigenvalue weighted by Gasteiger charge is -2.15. The third-order valence-corrected chi connectivity index (χ3v) is 3.47. The summed E-state index contributed by atoms with van der Waals surface area (Å²) in [5.74, 6) is 0. The van der Waals surface area contributed by atoms with Crippen LogP contribution < -0.4 is 5.43 Å². The van der Waals surface area contributed by atoms with Crippen LogP contribution in [0.25, 0.3) is 0 Å². The van der Waals surface area contributed by atoms with Crippen molar-refractivity contribution in [3.8, 4) is 0 Å². The number of rotatable bonds is 2. The average Bonchev–Trinajstić information content (AvgIpc) is 2.68. The number of nitrogens with zero attached hydrogens (tertiary/aromatic N) is 1. The van der Waals surface area contributed by atoms with E-state index in [1.165, 1.54) is 24.2 Å². The molecule has 88 valence electrons. The zero-order valence-corrected chi connectivity index (χ0v) is 10.4. The molecule has 1 heterocycles. The number of benzene rings is 1. The number of imidazole rings is 1. The second kappa shape index (κ2) is 4.37. The Morgan fingerprint density at radius 2 is 1.88 bits per heavy atom. The molecule has 1 aliphatic rings. The normalized spacial score (nSPS) is 14.4. The van der Waals surface area contributed by atoms with Gasteiger partial charge in [0.1, 0.15) is 0 Å². The van der Waals surface area contributed by atoms with Gasteiger partial charge in [-0.15, -0.1) is 0 Å². The summed E-state index contributed by atoms with van der Waals surface area (Å²) in [6, 6.07) is 10.1. The molecular formula is C13H15N3S. The Hall–Kier alpha value is -1.55. The molecule has 2 aromatic rings. The number of H-pyrrole nitrogens is 1. The molecule has 17 heavy (non-hydrogen) atoms. The molecule has 0 fully saturated rings. The van der Waals surface area contributed by atoms with Gasteiger partial charge >= 0.3 is 0 Å². The van der Waals surface area contributed by atoms with E-state index in [1.54, 1.807) is 0 Å².